The largest absolute Gasteiger partial charge is 0.328 e. The average molecular weight is 267 g/mol. The molecule has 0 fully saturated rings. The maximum Gasteiger partial charge on any atom is 0.158 e. The molecule has 3 rings (SSSR count). The normalized spacial score (nSPS) is 10.9. The SMILES string of the molecule is Cc1cc2c(N(C)c3ccc(CN)cc3)nccn2n1. The predicted octanol–water partition coefficient (Wildman–Crippen LogP) is 2.26. The maximum atomic E-state index is 5.63. The van der Waals surface area contributed by atoms with Crippen molar-refractivity contribution in [3.05, 3.63) is 54.0 Å². The van der Waals surface area contributed by atoms with Crippen LogP contribution in [0.1, 0.15) is 11.3 Å². The highest BCUT2D eigenvalue weighted by Gasteiger charge is 2.11. The zero-order valence-corrected chi connectivity index (χ0v) is 11.6. The van der Waals surface area contributed by atoms with E-state index in [0.717, 1.165) is 28.3 Å². The first-order valence-corrected chi connectivity index (χ1v) is 6.53. The fourth-order valence-electron chi connectivity index (χ4n) is 2.27. The van der Waals surface area contributed by atoms with Gasteiger partial charge >= 0.3 is 0 Å². The minimum Gasteiger partial charge on any atom is -0.328 e. The summed E-state index contributed by atoms with van der Waals surface area (Å²) in [5.41, 5.74) is 9.79. The third kappa shape index (κ3) is 2.12. The van der Waals surface area contributed by atoms with Crippen LogP contribution in [0.4, 0.5) is 11.5 Å². The van der Waals surface area contributed by atoms with Crippen molar-refractivity contribution < 1.29 is 0 Å². The zero-order valence-electron chi connectivity index (χ0n) is 11.6. The highest BCUT2D eigenvalue weighted by Crippen LogP contribution is 2.26. The highest BCUT2D eigenvalue weighted by atomic mass is 15.3. The van der Waals surface area contributed by atoms with Gasteiger partial charge in [-0.15, -0.1) is 0 Å². The second kappa shape index (κ2) is 4.94. The van der Waals surface area contributed by atoms with E-state index in [4.69, 9.17) is 5.73 Å². The van der Waals surface area contributed by atoms with E-state index >= 15 is 0 Å². The van der Waals surface area contributed by atoms with Gasteiger partial charge in [0.25, 0.3) is 0 Å². The second-order valence-corrected chi connectivity index (χ2v) is 4.80. The van der Waals surface area contributed by atoms with E-state index < -0.39 is 0 Å². The van der Waals surface area contributed by atoms with Gasteiger partial charge in [0.05, 0.1) is 5.69 Å². The van der Waals surface area contributed by atoms with Gasteiger partial charge in [-0.05, 0) is 30.7 Å². The molecule has 0 aliphatic carbocycles. The van der Waals surface area contributed by atoms with Crippen molar-refractivity contribution in [3.8, 4) is 0 Å². The van der Waals surface area contributed by atoms with Gasteiger partial charge in [-0.2, -0.15) is 5.10 Å². The second-order valence-electron chi connectivity index (χ2n) is 4.80. The Morgan fingerprint density at radius 2 is 2.00 bits per heavy atom. The van der Waals surface area contributed by atoms with Gasteiger partial charge in [-0.1, -0.05) is 12.1 Å². The first-order valence-electron chi connectivity index (χ1n) is 6.53. The Bertz CT molecular complexity index is 730. The lowest BCUT2D eigenvalue weighted by molar-refractivity contribution is 0.917. The molecular weight excluding hydrogens is 250 g/mol. The van der Waals surface area contributed by atoms with Gasteiger partial charge in [0.2, 0.25) is 0 Å². The summed E-state index contributed by atoms with van der Waals surface area (Å²) in [6.45, 7) is 2.53. The number of aromatic nitrogens is 3. The summed E-state index contributed by atoms with van der Waals surface area (Å²) in [5.74, 6) is 0.883. The first-order chi connectivity index (χ1) is 9.69. The first kappa shape index (κ1) is 12.6. The van der Waals surface area contributed by atoms with Crippen LogP contribution in [0.3, 0.4) is 0 Å². The Hall–Kier alpha value is -2.40. The molecule has 102 valence electrons. The number of benzene rings is 1. The van der Waals surface area contributed by atoms with Gasteiger partial charge in [0.1, 0.15) is 5.52 Å². The molecule has 3 aromatic rings. The summed E-state index contributed by atoms with van der Waals surface area (Å²) in [4.78, 5) is 6.53. The van der Waals surface area contributed by atoms with Gasteiger partial charge in [0, 0.05) is 31.7 Å². The van der Waals surface area contributed by atoms with E-state index in [1.54, 1.807) is 6.20 Å². The van der Waals surface area contributed by atoms with Crippen molar-refractivity contribution in [2.45, 2.75) is 13.5 Å². The van der Waals surface area contributed by atoms with Crippen molar-refractivity contribution in [3.63, 3.8) is 0 Å². The number of rotatable bonds is 3. The van der Waals surface area contributed by atoms with Crippen LogP contribution in [0.25, 0.3) is 5.52 Å². The lowest BCUT2D eigenvalue weighted by Crippen LogP contribution is -2.12. The van der Waals surface area contributed by atoms with Crippen molar-refractivity contribution in [1.29, 1.82) is 0 Å². The van der Waals surface area contributed by atoms with Crippen LogP contribution in [0.2, 0.25) is 0 Å². The molecule has 5 nitrogen and oxygen atoms in total. The van der Waals surface area contributed by atoms with Crippen LogP contribution in [-0.4, -0.2) is 21.6 Å². The molecule has 0 aliphatic rings. The summed E-state index contributed by atoms with van der Waals surface area (Å²) in [6, 6.07) is 10.2. The molecule has 0 saturated carbocycles. The molecule has 2 heterocycles. The van der Waals surface area contributed by atoms with E-state index in [0.29, 0.717) is 6.54 Å². The van der Waals surface area contributed by atoms with Crippen molar-refractivity contribution in [2.75, 3.05) is 11.9 Å². The minimum absolute atomic E-state index is 0.555. The smallest absolute Gasteiger partial charge is 0.158 e. The highest BCUT2D eigenvalue weighted by molar-refractivity contribution is 5.75. The molecule has 1 aromatic carbocycles. The number of aryl methyl sites for hydroxylation is 1. The number of nitrogens with two attached hydrogens (primary N) is 1. The topological polar surface area (TPSA) is 59.5 Å². The third-order valence-corrected chi connectivity index (χ3v) is 3.37. The molecule has 0 radical (unpaired) electrons. The van der Waals surface area contributed by atoms with E-state index in [1.165, 1.54) is 0 Å². The summed E-state index contributed by atoms with van der Waals surface area (Å²) in [5, 5.41) is 4.41. The molecule has 0 saturated heterocycles. The molecule has 2 aromatic heterocycles. The third-order valence-electron chi connectivity index (χ3n) is 3.37. The molecule has 0 bridgehead atoms. The van der Waals surface area contributed by atoms with Crippen LogP contribution in [0.5, 0.6) is 0 Å². The van der Waals surface area contributed by atoms with E-state index in [1.807, 2.05) is 42.9 Å². The Balaban J connectivity index is 2.04. The fourth-order valence-corrected chi connectivity index (χ4v) is 2.27. The van der Waals surface area contributed by atoms with E-state index in [2.05, 4.69) is 27.1 Å². The standard InChI is InChI=1S/C15H17N5/c1-11-9-14-15(17-7-8-20(14)18-11)19(2)13-5-3-12(10-16)4-6-13/h3-9H,10,16H2,1-2H3. The fraction of sp³-hybridized carbons (Fsp3) is 0.200. The summed E-state index contributed by atoms with van der Waals surface area (Å²) in [6.07, 6.45) is 3.62. The van der Waals surface area contributed by atoms with E-state index in [-0.39, 0.29) is 0 Å². The molecular formula is C15H17N5. The Labute approximate surface area is 117 Å². The molecule has 0 unspecified atom stereocenters. The Morgan fingerprint density at radius 3 is 2.70 bits per heavy atom. The monoisotopic (exact) mass is 267 g/mol. The molecule has 0 aliphatic heterocycles. The molecule has 2 N–H and O–H groups in total. The summed E-state index contributed by atoms with van der Waals surface area (Å²) in [7, 11) is 2.00. The lowest BCUT2D eigenvalue weighted by atomic mass is 10.2. The molecule has 20 heavy (non-hydrogen) atoms. The van der Waals surface area contributed by atoms with Crippen LogP contribution < -0.4 is 10.6 Å². The summed E-state index contributed by atoms with van der Waals surface area (Å²) < 4.78 is 1.85. The Morgan fingerprint density at radius 1 is 1.25 bits per heavy atom. The number of fused-ring (bicyclic) bond motifs is 1. The number of hydrogen-bond donors (Lipinski definition) is 1. The van der Waals surface area contributed by atoms with Gasteiger partial charge in [-0.3, -0.25) is 0 Å². The van der Waals surface area contributed by atoms with Gasteiger partial charge < -0.3 is 10.6 Å². The summed E-state index contributed by atoms with van der Waals surface area (Å²) >= 11 is 0. The molecule has 0 amide bonds. The minimum atomic E-state index is 0.555. The van der Waals surface area contributed by atoms with Crippen molar-refractivity contribution >= 4 is 17.0 Å². The molecule has 0 atom stereocenters. The van der Waals surface area contributed by atoms with Crippen molar-refractivity contribution in [2.24, 2.45) is 5.73 Å². The predicted molar refractivity (Wildman–Crippen MR) is 80.1 cm³/mol. The quantitative estimate of drug-likeness (QED) is 0.790. The average Bonchev–Trinajstić information content (AvgIpc) is 2.86. The van der Waals surface area contributed by atoms with Crippen LogP contribution >= 0.6 is 0 Å². The molecule has 0 spiro atoms. The molecule has 5 heteroatoms. The lowest BCUT2D eigenvalue weighted by Gasteiger charge is -2.19. The van der Waals surface area contributed by atoms with Crippen molar-refractivity contribution in [1.82, 2.24) is 14.6 Å². The number of nitrogens with zero attached hydrogens (tertiary/aromatic N) is 4. The van der Waals surface area contributed by atoms with Crippen LogP contribution in [-0.2, 0) is 6.54 Å². The number of anilines is 2. The number of hydrogen-bond acceptors (Lipinski definition) is 4. The van der Waals surface area contributed by atoms with E-state index in [9.17, 15) is 0 Å². The maximum absolute atomic E-state index is 5.63. The van der Waals surface area contributed by atoms with Gasteiger partial charge in [0.15, 0.2) is 5.82 Å². The zero-order chi connectivity index (χ0) is 14.1. The van der Waals surface area contributed by atoms with Crippen LogP contribution in [0.15, 0.2) is 42.7 Å². The van der Waals surface area contributed by atoms with Gasteiger partial charge in [-0.25, -0.2) is 9.50 Å². The van der Waals surface area contributed by atoms with Crippen LogP contribution in [0, 0.1) is 6.92 Å². The Kier molecular flexibility index (Phi) is 3.12.